The largest absolute Gasteiger partial charge is 0.453 e. The Bertz CT molecular complexity index is 193. The van der Waals surface area contributed by atoms with Gasteiger partial charge in [-0.25, -0.2) is 0 Å². The van der Waals surface area contributed by atoms with Crippen molar-refractivity contribution >= 4 is 5.97 Å². The molecule has 0 aliphatic heterocycles. The van der Waals surface area contributed by atoms with E-state index in [2.05, 4.69) is 23.2 Å². The van der Waals surface area contributed by atoms with E-state index in [-0.39, 0.29) is 12.6 Å². The van der Waals surface area contributed by atoms with Gasteiger partial charge < -0.3 is 4.74 Å². The van der Waals surface area contributed by atoms with Gasteiger partial charge in [-0.1, -0.05) is 18.4 Å². The van der Waals surface area contributed by atoms with Gasteiger partial charge in [0.25, 0.3) is 0 Å². The van der Waals surface area contributed by atoms with Crippen LogP contribution in [-0.4, -0.2) is 12.6 Å². The second-order valence-corrected chi connectivity index (χ2v) is 1.86. The molecule has 0 aromatic carbocycles. The van der Waals surface area contributed by atoms with E-state index in [1.165, 1.54) is 6.92 Å². The second kappa shape index (κ2) is 4.63. The fraction of sp³-hybridized carbons (Fsp3) is 0.375. The van der Waals surface area contributed by atoms with Crippen LogP contribution in [0.5, 0.6) is 0 Å². The summed E-state index contributed by atoms with van der Waals surface area (Å²) in [6.45, 7) is 6.85. The Hall–Kier alpha value is -1.23. The highest BCUT2D eigenvalue weighted by Gasteiger charge is 1.85. The molecule has 0 saturated heterocycles. The Morgan fingerprint density at radius 1 is 1.60 bits per heavy atom. The maximum Gasteiger partial charge on any atom is 0.303 e. The molecule has 0 heterocycles. The summed E-state index contributed by atoms with van der Waals surface area (Å²) in [5.41, 5.74) is 0.771. The molecule has 0 unspecified atom stereocenters. The Kier molecular flexibility index (Phi) is 4.06. The molecule has 54 valence electrons. The predicted molar refractivity (Wildman–Crippen MR) is 39.2 cm³/mol. The first-order valence-electron chi connectivity index (χ1n) is 2.90. The van der Waals surface area contributed by atoms with Crippen molar-refractivity contribution in [1.29, 1.82) is 0 Å². The number of hydrogen-bond donors (Lipinski definition) is 0. The van der Waals surface area contributed by atoms with Gasteiger partial charge in [0.2, 0.25) is 0 Å². The van der Waals surface area contributed by atoms with Crippen LogP contribution in [0.4, 0.5) is 0 Å². The van der Waals surface area contributed by atoms with E-state index in [0.717, 1.165) is 5.57 Å². The first-order valence-corrected chi connectivity index (χ1v) is 2.90. The number of hydrogen-bond acceptors (Lipinski definition) is 2. The van der Waals surface area contributed by atoms with Crippen molar-refractivity contribution in [2.24, 2.45) is 0 Å². The maximum absolute atomic E-state index is 10.2. The van der Waals surface area contributed by atoms with Crippen molar-refractivity contribution in [3.63, 3.8) is 0 Å². The van der Waals surface area contributed by atoms with Crippen molar-refractivity contribution < 1.29 is 9.53 Å². The summed E-state index contributed by atoms with van der Waals surface area (Å²) in [6.07, 6.45) is 0. The van der Waals surface area contributed by atoms with Gasteiger partial charge in [0.15, 0.2) is 6.61 Å². The fourth-order valence-electron chi connectivity index (χ4n) is 0.325. The lowest BCUT2D eigenvalue weighted by Crippen LogP contribution is -1.97. The van der Waals surface area contributed by atoms with E-state index in [1.807, 2.05) is 0 Å². The molecule has 0 fully saturated rings. The van der Waals surface area contributed by atoms with E-state index in [9.17, 15) is 4.79 Å². The number of allylic oxidation sites excluding steroid dienone is 1. The minimum atomic E-state index is -0.309. The van der Waals surface area contributed by atoms with Crippen LogP contribution in [0.3, 0.4) is 0 Å². The topological polar surface area (TPSA) is 26.3 Å². The lowest BCUT2D eigenvalue weighted by Gasteiger charge is -1.90. The molecule has 0 N–H and O–H groups in total. The third-order valence-corrected chi connectivity index (χ3v) is 0.649. The highest BCUT2D eigenvalue weighted by Crippen LogP contribution is 1.80. The zero-order valence-corrected chi connectivity index (χ0v) is 6.23. The minimum absolute atomic E-state index is 0.155. The fourth-order valence-corrected chi connectivity index (χ4v) is 0.325. The van der Waals surface area contributed by atoms with Crippen LogP contribution in [0.2, 0.25) is 0 Å². The molecule has 0 aliphatic carbocycles. The van der Waals surface area contributed by atoms with Gasteiger partial charge in [-0.3, -0.25) is 4.79 Å². The summed E-state index contributed by atoms with van der Waals surface area (Å²) < 4.78 is 4.54. The van der Waals surface area contributed by atoms with E-state index in [4.69, 9.17) is 0 Å². The summed E-state index contributed by atoms with van der Waals surface area (Å²) in [7, 11) is 0. The summed E-state index contributed by atoms with van der Waals surface area (Å²) in [5.74, 6) is 4.99. The van der Waals surface area contributed by atoms with E-state index < -0.39 is 0 Å². The van der Waals surface area contributed by atoms with Gasteiger partial charge in [0, 0.05) is 6.92 Å². The second-order valence-electron chi connectivity index (χ2n) is 1.86. The van der Waals surface area contributed by atoms with Gasteiger partial charge in [0.1, 0.15) is 0 Å². The molecule has 0 rings (SSSR count). The summed E-state index contributed by atoms with van der Waals surface area (Å²) in [4.78, 5) is 10.2. The summed E-state index contributed by atoms with van der Waals surface area (Å²) >= 11 is 0. The van der Waals surface area contributed by atoms with E-state index in [0.29, 0.717) is 0 Å². The number of carbonyl (C=O) groups is 1. The Labute approximate surface area is 60.9 Å². The molecule has 10 heavy (non-hydrogen) atoms. The molecule has 0 amide bonds. The average molecular weight is 138 g/mol. The minimum Gasteiger partial charge on any atom is -0.453 e. The maximum atomic E-state index is 10.2. The van der Waals surface area contributed by atoms with Crippen LogP contribution in [0.25, 0.3) is 0 Å². The lowest BCUT2D eigenvalue weighted by molar-refractivity contribution is -0.139. The van der Waals surface area contributed by atoms with Gasteiger partial charge in [-0.05, 0) is 12.5 Å². The molecular weight excluding hydrogens is 128 g/mol. The number of esters is 1. The first kappa shape index (κ1) is 8.77. The Balaban J connectivity index is 3.48. The van der Waals surface area contributed by atoms with Gasteiger partial charge in [-0.2, -0.15) is 0 Å². The van der Waals surface area contributed by atoms with Crippen molar-refractivity contribution in [3.8, 4) is 11.8 Å². The van der Waals surface area contributed by atoms with Crippen molar-refractivity contribution in [2.45, 2.75) is 13.8 Å². The number of ether oxygens (including phenoxy) is 1. The molecule has 0 bridgehead atoms. The first-order chi connectivity index (χ1) is 4.63. The van der Waals surface area contributed by atoms with Crippen LogP contribution in [0, 0.1) is 11.8 Å². The van der Waals surface area contributed by atoms with Gasteiger partial charge >= 0.3 is 5.97 Å². The molecule has 0 aromatic rings. The van der Waals surface area contributed by atoms with Crippen LogP contribution in [-0.2, 0) is 9.53 Å². The van der Waals surface area contributed by atoms with Gasteiger partial charge in [0.05, 0.1) is 0 Å². The molecule has 2 nitrogen and oxygen atoms in total. The third kappa shape index (κ3) is 6.77. The van der Waals surface area contributed by atoms with Gasteiger partial charge in [-0.15, -0.1) is 0 Å². The zero-order chi connectivity index (χ0) is 7.98. The number of rotatable bonds is 1. The smallest absolute Gasteiger partial charge is 0.303 e. The van der Waals surface area contributed by atoms with Crippen LogP contribution in [0.1, 0.15) is 13.8 Å². The van der Waals surface area contributed by atoms with Crippen molar-refractivity contribution in [1.82, 2.24) is 0 Å². The summed E-state index contributed by atoms with van der Waals surface area (Å²) in [6, 6.07) is 0. The molecule has 2 heteroatoms. The van der Waals surface area contributed by atoms with Crippen LogP contribution in [0.15, 0.2) is 12.2 Å². The van der Waals surface area contributed by atoms with Crippen LogP contribution >= 0.6 is 0 Å². The molecule has 0 aromatic heterocycles. The highest BCUT2D eigenvalue weighted by molar-refractivity contribution is 5.66. The monoisotopic (exact) mass is 138 g/mol. The standard InChI is InChI=1S/C8H10O2/c1-7(2)5-4-6-10-8(3)9/h1,6H2,2-3H3. The van der Waals surface area contributed by atoms with E-state index >= 15 is 0 Å². The molecule has 0 aliphatic rings. The third-order valence-electron chi connectivity index (χ3n) is 0.649. The van der Waals surface area contributed by atoms with E-state index in [1.54, 1.807) is 6.92 Å². The lowest BCUT2D eigenvalue weighted by atomic mass is 10.4. The SMILES string of the molecule is C=C(C)C#CCOC(C)=O. The normalized spacial score (nSPS) is 7.40. The molecule has 0 saturated carbocycles. The Morgan fingerprint density at radius 3 is 2.60 bits per heavy atom. The predicted octanol–water partition coefficient (Wildman–Crippen LogP) is 1.13. The molecule has 0 spiro atoms. The zero-order valence-electron chi connectivity index (χ0n) is 6.23. The number of carbonyl (C=O) groups excluding carboxylic acids is 1. The average Bonchev–Trinajstić information content (AvgIpc) is 1.79. The quantitative estimate of drug-likeness (QED) is 0.401. The Morgan fingerprint density at radius 2 is 2.20 bits per heavy atom. The highest BCUT2D eigenvalue weighted by atomic mass is 16.5. The molecule has 0 radical (unpaired) electrons. The van der Waals surface area contributed by atoms with Crippen molar-refractivity contribution in [2.75, 3.05) is 6.61 Å². The molecular formula is C8H10O2. The van der Waals surface area contributed by atoms with Crippen molar-refractivity contribution in [3.05, 3.63) is 12.2 Å². The molecule has 0 atom stereocenters. The summed E-state index contributed by atoms with van der Waals surface area (Å²) in [5, 5.41) is 0. The van der Waals surface area contributed by atoms with Crippen LogP contribution < -0.4 is 0 Å².